The smallest absolute Gasteiger partial charge is 0.321 e. The number of ether oxygens (including phenoxy) is 3. The van der Waals surface area contributed by atoms with Gasteiger partial charge in [-0.15, -0.1) is 0 Å². The fourth-order valence-electron chi connectivity index (χ4n) is 2.68. The van der Waals surface area contributed by atoms with E-state index in [9.17, 15) is 22.8 Å². The summed E-state index contributed by atoms with van der Waals surface area (Å²) < 4.78 is 42.6. The molecule has 0 aliphatic carbocycles. The first-order valence-corrected chi connectivity index (χ1v) is 11.4. The maximum Gasteiger partial charge on any atom is 0.321 e. The molecule has 33 heavy (non-hydrogen) atoms. The molecule has 2 amide bonds. The lowest BCUT2D eigenvalue weighted by molar-refractivity contribution is -0.147. The van der Waals surface area contributed by atoms with Crippen LogP contribution in [0.5, 0.6) is 11.5 Å². The van der Waals surface area contributed by atoms with Crippen LogP contribution in [0.4, 0.5) is 0 Å². The van der Waals surface area contributed by atoms with Gasteiger partial charge in [-0.05, 0) is 31.2 Å². The molecule has 0 radical (unpaired) electrons. The summed E-state index contributed by atoms with van der Waals surface area (Å²) in [6.07, 6.45) is 0.671. The Bertz CT molecular complexity index is 1130. The number of hydrogen-bond acceptors (Lipinski definition) is 8. The van der Waals surface area contributed by atoms with Gasteiger partial charge in [-0.2, -0.15) is 4.72 Å². The molecular weight excluding hydrogens is 454 g/mol. The topological polar surface area (TPSA) is 149 Å². The minimum Gasteiger partial charge on any atom is -0.490 e. The number of amides is 2. The van der Waals surface area contributed by atoms with E-state index < -0.39 is 41.0 Å². The van der Waals surface area contributed by atoms with Crippen LogP contribution in [0, 0.1) is 6.92 Å². The molecule has 0 fully saturated rings. The van der Waals surface area contributed by atoms with Crippen molar-refractivity contribution in [1.29, 1.82) is 0 Å². The Balaban J connectivity index is 1.43. The van der Waals surface area contributed by atoms with Crippen molar-refractivity contribution in [3.8, 4) is 11.5 Å². The zero-order valence-electron chi connectivity index (χ0n) is 17.8. The van der Waals surface area contributed by atoms with E-state index in [0.29, 0.717) is 36.7 Å². The predicted molar refractivity (Wildman–Crippen MR) is 115 cm³/mol. The zero-order chi connectivity index (χ0) is 23.8. The SMILES string of the molecule is Cc1ccc(C(=O)NNC(=O)COC(=O)CNS(=O)(=O)c2ccc3c(c2)OCCCO3)cc1. The first-order valence-electron chi connectivity index (χ1n) is 9.95. The highest BCUT2D eigenvalue weighted by Crippen LogP contribution is 2.31. The fraction of sp³-hybridized carbons (Fsp3) is 0.286. The van der Waals surface area contributed by atoms with Crippen molar-refractivity contribution in [3.63, 3.8) is 0 Å². The van der Waals surface area contributed by atoms with Crippen molar-refractivity contribution in [2.24, 2.45) is 0 Å². The molecule has 11 nitrogen and oxygen atoms in total. The summed E-state index contributed by atoms with van der Waals surface area (Å²) >= 11 is 0. The Hall–Kier alpha value is -3.64. The maximum absolute atomic E-state index is 12.4. The number of benzene rings is 2. The summed E-state index contributed by atoms with van der Waals surface area (Å²) in [6.45, 7) is 1.32. The van der Waals surface area contributed by atoms with Crippen LogP contribution in [0.3, 0.4) is 0 Å². The van der Waals surface area contributed by atoms with E-state index in [1.54, 1.807) is 24.3 Å². The largest absolute Gasteiger partial charge is 0.490 e. The average molecular weight is 477 g/mol. The van der Waals surface area contributed by atoms with Gasteiger partial charge in [-0.3, -0.25) is 25.2 Å². The standard InChI is InChI=1S/C21H23N3O8S/c1-14-3-5-15(6-4-14)21(27)24-23-19(25)13-32-20(26)12-22-33(28,29)16-7-8-17-18(11-16)31-10-2-9-30-17/h3-8,11,22H,2,9-10,12-13H2,1H3,(H,23,25)(H,24,27). The minimum atomic E-state index is -4.04. The van der Waals surface area contributed by atoms with E-state index in [0.717, 1.165) is 5.56 Å². The number of rotatable bonds is 7. The molecule has 0 bridgehead atoms. The van der Waals surface area contributed by atoms with E-state index >= 15 is 0 Å². The summed E-state index contributed by atoms with van der Waals surface area (Å²) in [5.74, 6) is -1.59. The molecule has 12 heteroatoms. The van der Waals surface area contributed by atoms with Crippen LogP contribution < -0.4 is 25.0 Å². The number of hydrogen-bond donors (Lipinski definition) is 3. The van der Waals surface area contributed by atoms with Gasteiger partial charge in [0, 0.05) is 18.1 Å². The minimum absolute atomic E-state index is 0.115. The molecule has 2 aromatic carbocycles. The quantitative estimate of drug-likeness (QED) is 0.384. The van der Waals surface area contributed by atoms with Gasteiger partial charge in [0.1, 0.15) is 6.54 Å². The van der Waals surface area contributed by atoms with Crippen molar-refractivity contribution in [2.75, 3.05) is 26.4 Å². The molecule has 176 valence electrons. The van der Waals surface area contributed by atoms with Crippen molar-refractivity contribution in [3.05, 3.63) is 53.6 Å². The van der Waals surface area contributed by atoms with Crippen molar-refractivity contribution >= 4 is 27.8 Å². The van der Waals surface area contributed by atoms with E-state index in [1.807, 2.05) is 6.92 Å². The summed E-state index contributed by atoms with van der Waals surface area (Å²) in [7, 11) is -4.04. The Morgan fingerprint density at radius 2 is 1.67 bits per heavy atom. The van der Waals surface area contributed by atoms with Gasteiger partial charge in [0.05, 0.1) is 18.1 Å². The van der Waals surface area contributed by atoms with Crippen molar-refractivity contribution < 1.29 is 37.0 Å². The highest BCUT2D eigenvalue weighted by molar-refractivity contribution is 7.89. The van der Waals surface area contributed by atoms with Crippen LogP contribution in [0.1, 0.15) is 22.3 Å². The van der Waals surface area contributed by atoms with Gasteiger partial charge in [-0.25, -0.2) is 8.42 Å². The fourth-order valence-corrected chi connectivity index (χ4v) is 3.67. The normalized spacial score (nSPS) is 12.9. The molecule has 1 aliphatic rings. The second-order valence-corrected chi connectivity index (χ2v) is 8.78. The molecule has 1 aliphatic heterocycles. The molecule has 0 saturated carbocycles. The van der Waals surface area contributed by atoms with E-state index in [4.69, 9.17) is 14.2 Å². The molecule has 0 atom stereocenters. The summed E-state index contributed by atoms with van der Waals surface area (Å²) in [5.41, 5.74) is 5.60. The lowest BCUT2D eigenvalue weighted by atomic mass is 10.1. The van der Waals surface area contributed by atoms with Crippen molar-refractivity contribution in [1.82, 2.24) is 15.6 Å². The molecule has 0 saturated heterocycles. The van der Waals surface area contributed by atoms with E-state index in [1.165, 1.54) is 18.2 Å². The van der Waals surface area contributed by atoms with Crippen molar-refractivity contribution in [2.45, 2.75) is 18.2 Å². The van der Waals surface area contributed by atoms with Crippen LogP contribution in [0.15, 0.2) is 47.4 Å². The third-order valence-electron chi connectivity index (χ3n) is 4.43. The molecule has 0 spiro atoms. The Morgan fingerprint density at radius 3 is 2.39 bits per heavy atom. The van der Waals surface area contributed by atoms with Gasteiger partial charge in [0.15, 0.2) is 18.1 Å². The number of hydrazine groups is 1. The lowest BCUT2D eigenvalue weighted by Crippen LogP contribution is -2.44. The van der Waals surface area contributed by atoms with Crippen LogP contribution in [-0.2, 0) is 24.3 Å². The van der Waals surface area contributed by atoms with Gasteiger partial charge >= 0.3 is 5.97 Å². The number of nitrogens with one attached hydrogen (secondary N) is 3. The monoisotopic (exact) mass is 477 g/mol. The second-order valence-electron chi connectivity index (χ2n) is 7.01. The number of aryl methyl sites for hydroxylation is 1. The predicted octanol–water partition coefficient (Wildman–Crippen LogP) is 0.439. The third kappa shape index (κ3) is 6.92. The van der Waals surface area contributed by atoms with Gasteiger partial charge in [-0.1, -0.05) is 17.7 Å². The number of esters is 1. The van der Waals surface area contributed by atoms with Gasteiger partial charge in [0.25, 0.3) is 11.8 Å². The third-order valence-corrected chi connectivity index (χ3v) is 5.83. The second kappa shape index (κ2) is 10.8. The molecule has 2 aromatic rings. The Kier molecular flexibility index (Phi) is 7.85. The van der Waals surface area contributed by atoms with Gasteiger partial charge in [0.2, 0.25) is 10.0 Å². The number of carbonyl (C=O) groups is 3. The van der Waals surface area contributed by atoms with Crippen LogP contribution in [-0.4, -0.2) is 52.6 Å². The molecule has 3 N–H and O–H groups in total. The highest BCUT2D eigenvalue weighted by Gasteiger charge is 2.20. The van der Waals surface area contributed by atoms with Crippen LogP contribution >= 0.6 is 0 Å². The molecule has 1 heterocycles. The van der Waals surface area contributed by atoms with Gasteiger partial charge < -0.3 is 14.2 Å². The average Bonchev–Trinajstić information content (AvgIpc) is 3.05. The maximum atomic E-state index is 12.4. The number of sulfonamides is 1. The van der Waals surface area contributed by atoms with Crippen LogP contribution in [0.2, 0.25) is 0 Å². The first kappa shape index (κ1) is 24.0. The lowest BCUT2D eigenvalue weighted by Gasteiger charge is -2.11. The van der Waals surface area contributed by atoms with E-state index in [2.05, 4.69) is 15.6 Å². The highest BCUT2D eigenvalue weighted by atomic mass is 32.2. The summed E-state index contributed by atoms with van der Waals surface area (Å²) in [6, 6.07) is 10.8. The number of fused-ring (bicyclic) bond motifs is 1. The Labute approximate surface area is 190 Å². The Morgan fingerprint density at radius 1 is 0.970 bits per heavy atom. The summed E-state index contributed by atoms with van der Waals surface area (Å²) in [5, 5.41) is 0. The zero-order valence-corrected chi connectivity index (χ0v) is 18.6. The van der Waals surface area contributed by atoms with Crippen LogP contribution in [0.25, 0.3) is 0 Å². The number of carbonyl (C=O) groups excluding carboxylic acids is 3. The van der Waals surface area contributed by atoms with E-state index in [-0.39, 0.29) is 4.90 Å². The first-order chi connectivity index (χ1) is 15.7. The summed E-state index contributed by atoms with van der Waals surface area (Å²) in [4.78, 5) is 35.4. The molecule has 3 rings (SSSR count). The molecular formula is C21H23N3O8S. The molecule has 0 aromatic heterocycles. The molecule has 0 unspecified atom stereocenters.